The molecule has 5 amide bonds. The van der Waals surface area contributed by atoms with Crippen molar-refractivity contribution in [2.45, 2.75) is 44.1 Å². The molecule has 0 aromatic carbocycles. The number of hydrogen-bond donors (Lipinski definition) is 1. The van der Waals surface area contributed by atoms with Gasteiger partial charge in [0.25, 0.3) is 5.91 Å². The number of hydrogen-bond acceptors (Lipinski definition) is 5. The lowest BCUT2D eigenvalue weighted by Crippen LogP contribution is -2.51. The minimum atomic E-state index is -0.679. The molecule has 0 aromatic rings. The second-order valence-electron chi connectivity index (χ2n) is 8.22. The molecule has 0 unspecified atom stereocenters. The van der Waals surface area contributed by atoms with Crippen LogP contribution in [-0.4, -0.2) is 102 Å². The van der Waals surface area contributed by atoms with Crippen molar-refractivity contribution >= 4 is 23.8 Å². The van der Waals surface area contributed by atoms with Gasteiger partial charge in [-0.25, -0.2) is 4.79 Å². The van der Waals surface area contributed by atoms with Crippen molar-refractivity contribution in [3.05, 3.63) is 0 Å². The Morgan fingerprint density at radius 1 is 1.07 bits per heavy atom. The Kier molecular flexibility index (Phi) is 6.22. The van der Waals surface area contributed by atoms with E-state index in [1.54, 1.807) is 23.9 Å². The van der Waals surface area contributed by atoms with Gasteiger partial charge in [-0.2, -0.15) is 0 Å². The molecular formula is C19H31N5O4. The summed E-state index contributed by atoms with van der Waals surface area (Å²) in [7, 11) is 3.48. The van der Waals surface area contributed by atoms with Crippen LogP contribution >= 0.6 is 0 Å². The number of amides is 5. The van der Waals surface area contributed by atoms with E-state index in [1.807, 2.05) is 0 Å². The largest absolute Gasteiger partial charge is 0.348 e. The fraction of sp³-hybridized carbons (Fsp3) is 0.789. The van der Waals surface area contributed by atoms with Gasteiger partial charge in [-0.05, 0) is 19.3 Å². The lowest BCUT2D eigenvalue weighted by Gasteiger charge is -2.34. The molecule has 0 radical (unpaired) electrons. The van der Waals surface area contributed by atoms with Crippen molar-refractivity contribution in [3.8, 4) is 0 Å². The van der Waals surface area contributed by atoms with Gasteiger partial charge in [0.1, 0.15) is 5.54 Å². The number of carbonyl (C=O) groups excluding carboxylic acids is 4. The van der Waals surface area contributed by atoms with Crippen molar-refractivity contribution in [1.82, 2.24) is 24.9 Å². The van der Waals surface area contributed by atoms with E-state index in [-0.39, 0.29) is 30.3 Å². The SMILES string of the molecule is CN(C)C(=O)CN1CCN(C(=O)CCCN2C(=O)NC3(CCCC3)C2=O)CC1. The normalized spacial score (nSPS) is 22.1. The quantitative estimate of drug-likeness (QED) is 0.634. The Balaban J connectivity index is 1.39. The van der Waals surface area contributed by atoms with E-state index < -0.39 is 5.54 Å². The first-order valence-electron chi connectivity index (χ1n) is 10.2. The average Bonchev–Trinajstić information content (AvgIpc) is 3.22. The summed E-state index contributed by atoms with van der Waals surface area (Å²) in [6, 6.07) is -0.321. The predicted octanol–water partition coefficient (Wildman–Crippen LogP) is -0.136. The lowest BCUT2D eigenvalue weighted by molar-refractivity contribution is -0.135. The second-order valence-corrected chi connectivity index (χ2v) is 8.22. The summed E-state index contributed by atoms with van der Waals surface area (Å²) in [5.41, 5.74) is -0.679. The molecule has 9 nitrogen and oxygen atoms in total. The van der Waals surface area contributed by atoms with Crippen LogP contribution in [0.15, 0.2) is 0 Å². The number of imide groups is 1. The highest BCUT2D eigenvalue weighted by molar-refractivity contribution is 6.07. The summed E-state index contributed by atoms with van der Waals surface area (Å²) in [5.74, 6) is -0.0174. The van der Waals surface area contributed by atoms with Crippen LogP contribution < -0.4 is 5.32 Å². The number of nitrogens with one attached hydrogen (secondary N) is 1. The molecule has 3 aliphatic rings. The molecule has 28 heavy (non-hydrogen) atoms. The van der Waals surface area contributed by atoms with Crippen LogP contribution in [0.25, 0.3) is 0 Å². The smallest absolute Gasteiger partial charge is 0.325 e. The highest BCUT2D eigenvalue weighted by Gasteiger charge is 2.52. The summed E-state index contributed by atoms with van der Waals surface area (Å²) in [6.07, 6.45) is 4.16. The van der Waals surface area contributed by atoms with Gasteiger partial charge in [0.05, 0.1) is 6.54 Å². The predicted molar refractivity (Wildman–Crippen MR) is 102 cm³/mol. The highest BCUT2D eigenvalue weighted by atomic mass is 16.2. The van der Waals surface area contributed by atoms with Crippen molar-refractivity contribution in [1.29, 1.82) is 0 Å². The van der Waals surface area contributed by atoms with E-state index in [0.29, 0.717) is 58.4 Å². The van der Waals surface area contributed by atoms with E-state index in [1.165, 1.54) is 4.90 Å². The first-order chi connectivity index (χ1) is 13.3. The molecule has 3 fully saturated rings. The third kappa shape index (κ3) is 4.29. The molecule has 2 heterocycles. The Labute approximate surface area is 166 Å². The summed E-state index contributed by atoms with van der Waals surface area (Å²) in [6.45, 7) is 3.23. The van der Waals surface area contributed by atoms with Gasteiger partial charge in [-0.3, -0.25) is 24.2 Å². The van der Waals surface area contributed by atoms with Crippen LogP contribution in [0.2, 0.25) is 0 Å². The summed E-state index contributed by atoms with van der Waals surface area (Å²) >= 11 is 0. The highest BCUT2D eigenvalue weighted by Crippen LogP contribution is 2.35. The zero-order chi connectivity index (χ0) is 20.3. The summed E-state index contributed by atoms with van der Waals surface area (Å²) in [4.78, 5) is 55.7. The minimum Gasteiger partial charge on any atom is -0.348 e. The Bertz CT molecular complexity index is 636. The monoisotopic (exact) mass is 393 g/mol. The fourth-order valence-corrected chi connectivity index (χ4v) is 4.23. The first kappa shape index (κ1) is 20.6. The van der Waals surface area contributed by atoms with E-state index in [0.717, 1.165) is 12.8 Å². The van der Waals surface area contributed by atoms with Crippen molar-refractivity contribution in [3.63, 3.8) is 0 Å². The molecule has 1 spiro atoms. The van der Waals surface area contributed by atoms with E-state index in [4.69, 9.17) is 0 Å². The second kappa shape index (κ2) is 8.46. The molecule has 1 aliphatic carbocycles. The van der Waals surface area contributed by atoms with Gasteiger partial charge < -0.3 is 15.1 Å². The number of urea groups is 1. The maximum absolute atomic E-state index is 12.6. The topological polar surface area (TPSA) is 93.3 Å². The van der Waals surface area contributed by atoms with Crippen LogP contribution in [0, 0.1) is 0 Å². The van der Waals surface area contributed by atoms with E-state index in [9.17, 15) is 19.2 Å². The third-order valence-electron chi connectivity index (χ3n) is 6.06. The molecule has 156 valence electrons. The van der Waals surface area contributed by atoms with Gasteiger partial charge in [0.2, 0.25) is 11.8 Å². The number of nitrogens with zero attached hydrogens (tertiary/aromatic N) is 4. The van der Waals surface area contributed by atoms with Crippen LogP contribution in [0.4, 0.5) is 4.79 Å². The van der Waals surface area contributed by atoms with Crippen LogP contribution in [0.5, 0.6) is 0 Å². The standard InChI is InChI=1S/C19H31N5O4/c1-21(2)16(26)14-22-10-12-23(13-11-22)15(25)6-5-9-24-17(27)19(20-18(24)28)7-3-4-8-19/h3-14H2,1-2H3,(H,20,28). The zero-order valence-corrected chi connectivity index (χ0v) is 16.9. The maximum Gasteiger partial charge on any atom is 0.325 e. The molecule has 1 N–H and O–H groups in total. The molecule has 0 bridgehead atoms. The van der Waals surface area contributed by atoms with Crippen LogP contribution in [-0.2, 0) is 14.4 Å². The molecule has 9 heteroatoms. The number of carbonyl (C=O) groups is 4. The molecule has 2 aliphatic heterocycles. The molecule has 0 atom stereocenters. The molecule has 3 rings (SSSR count). The number of piperazine rings is 1. The fourth-order valence-electron chi connectivity index (χ4n) is 4.23. The van der Waals surface area contributed by atoms with E-state index >= 15 is 0 Å². The molecule has 0 aromatic heterocycles. The Morgan fingerprint density at radius 3 is 2.32 bits per heavy atom. The average molecular weight is 393 g/mol. The van der Waals surface area contributed by atoms with Gasteiger partial charge in [0, 0.05) is 53.2 Å². The van der Waals surface area contributed by atoms with Gasteiger partial charge in [-0.1, -0.05) is 12.8 Å². The van der Waals surface area contributed by atoms with E-state index in [2.05, 4.69) is 10.2 Å². The molecule has 2 saturated heterocycles. The maximum atomic E-state index is 12.6. The molecular weight excluding hydrogens is 362 g/mol. The zero-order valence-electron chi connectivity index (χ0n) is 16.9. The minimum absolute atomic E-state index is 0.0428. The van der Waals surface area contributed by atoms with Gasteiger partial charge in [-0.15, -0.1) is 0 Å². The van der Waals surface area contributed by atoms with Gasteiger partial charge in [0.15, 0.2) is 0 Å². The lowest BCUT2D eigenvalue weighted by atomic mass is 9.98. The van der Waals surface area contributed by atoms with Gasteiger partial charge >= 0.3 is 6.03 Å². The van der Waals surface area contributed by atoms with Crippen molar-refractivity contribution in [2.75, 3.05) is 53.4 Å². The summed E-state index contributed by atoms with van der Waals surface area (Å²) < 4.78 is 0. The Morgan fingerprint density at radius 2 is 1.71 bits per heavy atom. The molecule has 1 saturated carbocycles. The summed E-state index contributed by atoms with van der Waals surface area (Å²) in [5, 5.41) is 2.86. The van der Waals surface area contributed by atoms with Crippen LogP contribution in [0.1, 0.15) is 38.5 Å². The van der Waals surface area contributed by atoms with Crippen molar-refractivity contribution < 1.29 is 19.2 Å². The number of likely N-dealkylation sites (N-methyl/N-ethyl adjacent to an activating group) is 1. The first-order valence-corrected chi connectivity index (χ1v) is 10.2. The number of rotatable bonds is 6. The Hall–Kier alpha value is -2.16. The van der Waals surface area contributed by atoms with Crippen LogP contribution in [0.3, 0.4) is 0 Å². The van der Waals surface area contributed by atoms with Crippen molar-refractivity contribution in [2.24, 2.45) is 0 Å². The third-order valence-corrected chi connectivity index (χ3v) is 6.06.